The number of halogens is 2. The molecule has 0 aromatic heterocycles. The lowest BCUT2D eigenvalue weighted by Gasteiger charge is -2.19. The minimum atomic E-state index is -2.32. The minimum Gasteiger partial charge on any atom is -0.369 e. The van der Waals surface area contributed by atoms with Crippen LogP contribution in [0.1, 0.15) is 18.5 Å². The Morgan fingerprint density at radius 2 is 1.80 bits per heavy atom. The van der Waals surface area contributed by atoms with E-state index in [0.29, 0.717) is 0 Å². The number of hydrogen-bond donors (Lipinski definition) is 1. The van der Waals surface area contributed by atoms with Crippen molar-refractivity contribution in [1.82, 2.24) is 0 Å². The molecule has 2 nitrogen and oxygen atoms in total. The van der Waals surface area contributed by atoms with Gasteiger partial charge in [0.2, 0.25) is 0 Å². The average molecular weight is 214 g/mol. The SMILES string of the molecule is C[C@H](N)c1ccc(N(C)CC(F)F)cc1. The minimum absolute atomic E-state index is 0.0283. The van der Waals surface area contributed by atoms with Crippen LogP contribution in [-0.4, -0.2) is 20.0 Å². The van der Waals surface area contributed by atoms with Crippen molar-refractivity contribution in [2.24, 2.45) is 5.73 Å². The maximum absolute atomic E-state index is 12.1. The van der Waals surface area contributed by atoms with Gasteiger partial charge in [-0.25, -0.2) is 8.78 Å². The molecule has 1 atom stereocenters. The lowest BCUT2D eigenvalue weighted by molar-refractivity contribution is 0.156. The molecule has 0 unspecified atom stereocenters. The fraction of sp³-hybridized carbons (Fsp3) is 0.455. The molecule has 1 rings (SSSR count). The van der Waals surface area contributed by atoms with E-state index >= 15 is 0 Å². The van der Waals surface area contributed by atoms with Gasteiger partial charge in [0.1, 0.15) is 0 Å². The Morgan fingerprint density at radius 1 is 1.27 bits per heavy atom. The standard InChI is InChI=1S/C11H16F2N2/c1-8(14)9-3-5-10(6-4-9)15(2)7-11(12)13/h3-6,8,11H,7,14H2,1-2H3/t8-/m0/s1. The number of anilines is 1. The van der Waals surface area contributed by atoms with Crippen LogP contribution in [0, 0.1) is 0 Å². The van der Waals surface area contributed by atoms with Crippen molar-refractivity contribution < 1.29 is 8.78 Å². The van der Waals surface area contributed by atoms with Crippen molar-refractivity contribution in [2.75, 3.05) is 18.5 Å². The number of rotatable bonds is 4. The third-order valence-corrected chi connectivity index (χ3v) is 2.27. The zero-order valence-electron chi connectivity index (χ0n) is 8.95. The number of nitrogens with two attached hydrogens (primary N) is 1. The highest BCUT2D eigenvalue weighted by Gasteiger charge is 2.08. The summed E-state index contributed by atoms with van der Waals surface area (Å²) in [7, 11) is 1.65. The van der Waals surface area contributed by atoms with Crippen molar-refractivity contribution in [3.63, 3.8) is 0 Å². The molecule has 0 fully saturated rings. The number of hydrogen-bond acceptors (Lipinski definition) is 2. The summed E-state index contributed by atoms with van der Waals surface area (Å²) in [5, 5.41) is 0. The topological polar surface area (TPSA) is 29.3 Å². The molecule has 0 bridgehead atoms. The van der Waals surface area contributed by atoms with Crippen molar-refractivity contribution in [1.29, 1.82) is 0 Å². The molecule has 0 aliphatic heterocycles. The molecule has 1 aromatic rings. The molecular formula is C11H16F2N2. The second kappa shape index (κ2) is 5.07. The molecule has 4 heteroatoms. The van der Waals surface area contributed by atoms with E-state index in [1.54, 1.807) is 19.2 Å². The summed E-state index contributed by atoms with van der Waals surface area (Å²) >= 11 is 0. The molecule has 0 amide bonds. The van der Waals surface area contributed by atoms with Crippen LogP contribution in [0.4, 0.5) is 14.5 Å². The summed E-state index contributed by atoms with van der Waals surface area (Å²) in [5.41, 5.74) is 7.47. The van der Waals surface area contributed by atoms with Crippen LogP contribution in [0.15, 0.2) is 24.3 Å². The molecule has 0 saturated heterocycles. The van der Waals surface area contributed by atoms with Crippen LogP contribution in [0.3, 0.4) is 0 Å². The molecule has 15 heavy (non-hydrogen) atoms. The highest BCUT2D eigenvalue weighted by atomic mass is 19.3. The highest BCUT2D eigenvalue weighted by molar-refractivity contribution is 5.47. The van der Waals surface area contributed by atoms with Gasteiger partial charge in [0.05, 0.1) is 6.54 Å². The van der Waals surface area contributed by atoms with Crippen LogP contribution in [0.2, 0.25) is 0 Å². The highest BCUT2D eigenvalue weighted by Crippen LogP contribution is 2.17. The Labute approximate surface area is 88.7 Å². The van der Waals surface area contributed by atoms with Crippen molar-refractivity contribution in [3.8, 4) is 0 Å². The molecule has 2 N–H and O–H groups in total. The van der Waals surface area contributed by atoms with Crippen molar-refractivity contribution >= 4 is 5.69 Å². The van der Waals surface area contributed by atoms with Gasteiger partial charge in [0.15, 0.2) is 0 Å². The van der Waals surface area contributed by atoms with Crippen LogP contribution in [0.25, 0.3) is 0 Å². The molecule has 0 aliphatic carbocycles. The second-order valence-electron chi connectivity index (χ2n) is 3.65. The van der Waals surface area contributed by atoms with Crippen molar-refractivity contribution in [2.45, 2.75) is 19.4 Å². The first-order valence-electron chi connectivity index (χ1n) is 4.85. The maximum Gasteiger partial charge on any atom is 0.255 e. The van der Waals surface area contributed by atoms with Crippen LogP contribution in [0.5, 0.6) is 0 Å². The Morgan fingerprint density at radius 3 is 2.20 bits per heavy atom. The fourth-order valence-corrected chi connectivity index (χ4v) is 1.34. The average Bonchev–Trinajstić information content (AvgIpc) is 2.17. The first-order valence-corrected chi connectivity index (χ1v) is 4.85. The summed E-state index contributed by atoms with van der Waals surface area (Å²) in [4.78, 5) is 1.52. The third kappa shape index (κ3) is 3.47. The summed E-state index contributed by atoms with van der Waals surface area (Å²) in [6.07, 6.45) is -2.32. The molecule has 0 saturated carbocycles. The molecule has 0 radical (unpaired) electrons. The monoisotopic (exact) mass is 214 g/mol. The van der Waals surface area contributed by atoms with Gasteiger partial charge < -0.3 is 10.6 Å². The van der Waals surface area contributed by atoms with Gasteiger partial charge >= 0.3 is 0 Å². The predicted molar refractivity (Wildman–Crippen MR) is 58.3 cm³/mol. The summed E-state index contributed by atoms with van der Waals surface area (Å²) in [6.45, 7) is 1.63. The van der Waals surface area contributed by atoms with Gasteiger partial charge in [-0.3, -0.25) is 0 Å². The van der Waals surface area contributed by atoms with Crippen LogP contribution in [-0.2, 0) is 0 Å². The first kappa shape index (κ1) is 11.9. The Kier molecular flexibility index (Phi) is 4.03. The fourth-order valence-electron chi connectivity index (χ4n) is 1.34. The van der Waals surface area contributed by atoms with E-state index in [1.807, 2.05) is 19.1 Å². The lowest BCUT2D eigenvalue weighted by Crippen LogP contribution is -2.23. The molecule has 0 spiro atoms. The number of benzene rings is 1. The van der Waals surface area contributed by atoms with Crippen LogP contribution >= 0.6 is 0 Å². The number of nitrogens with zero attached hydrogens (tertiary/aromatic N) is 1. The van der Waals surface area contributed by atoms with E-state index in [1.165, 1.54) is 4.90 Å². The summed E-state index contributed by atoms with van der Waals surface area (Å²) < 4.78 is 24.2. The lowest BCUT2D eigenvalue weighted by atomic mass is 10.1. The molecule has 84 valence electrons. The van der Waals surface area contributed by atoms with E-state index in [4.69, 9.17) is 5.73 Å². The Balaban J connectivity index is 2.71. The first-order chi connectivity index (χ1) is 7.00. The Hall–Kier alpha value is -1.16. The van der Waals surface area contributed by atoms with Gasteiger partial charge in [0.25, 0.3) is 6.43 Å². The van der Waals surface area contributed by atoms with E-state index in [0.717, 1.165) is 11.3 Å². The molecular weight excluding hydrogens is 198 g/mol. The summed E-state index contributed by atoms with van der Waals surface area (Å²) in [6, 6.07) is 7.31. The van der Waals surface area contributed by atoms with Crippen LogP contribution < -0.4 is 10.6 Å². The van der Waals surface area contributed by atoms with Gasteiger partial charge in [-0.05, 0) is 24.6 Å². The van der Waals surface area contributed by atoms with Gasteiger partial charge in [-0.1, -0.05) is 12.1 Å². The van der Waals surface area contributed by atoms with Gasteiger partial charge in [-0.2, -0.15) is 0 Å². The third-order valence-electron chi connectivity index (χ3n) is 2.27. The van der Waals surface area contributed by atoms with Crippen molar-refractivity contribution in [3.05, 3.63) is 29.8 Å². The van der Waals surface area contributed by atoms with Gasteiger partial charge in [0, 0.05) is 18.8 Å². The van der Waals surface area contributed by atoms with E-state index in [2.05, 4.69) is 0 Å². The summed E-state index contributed by atoms with van der Waals surface area (Å²) in [5.74, 6) is 0. The van der Waals surface area contributed by atoms with Gasteiger partial charge in [-0.15, -0.1) is 0 Å². The Bertz CT molecular complexity index is 296. The molecule has 1 aromatic carbocycles. The van der Waals surface area contributed by atoms with E-state index in [9.17, 15) is 8.78 Å². The normalized spacial score (nSPS) is 12.9. The quantitative estimate of drug-likeness (QED) is 0.834. The number of alkyl halides is 2. The maximum atomic E-state index is 12.1. The zero-order valence-corrected chi connectivity index (χ0v) is 8.95. The predicted octanol–water partition coefficient (Wildman–Crippen LogP) is 2.41. The zero-order chi connectivity index (χ0) is 11.4. The molecule has 0 heterocycles. The largest absolute Gasteiger partial charge is 0.369 e. The van der Waals surface area contributed by atoms with E-state index < -0.39 is 6.43 Å². The molecule has 0 aliphatic rings. The second-order valence-corrected chi connectivity index (χ2v) is 3.65. The van der Waals surface area contributed by atoms with E-state index in [-0.39, 0.29) is 12.6 Å². The smallest absolute Gasteiger partial charge is 0.255 e.